The highest BCUT2D eigenvalue weighted by Crippen LogP contribution is 2.45. The van der Waals surface area contributed by atoms with E-state index < -0.39 is 29.0 Å². The van der Waals surface area contributed by atoms with Crippen molar-refractivity contribution in [2.75, 3.05) is 19.6 Å². The van der Waals surface area contributed by atoms with E-state index in [1.165, 1.54) is 31.4 Å². The topological polar surface area (TPSA) is 165 Å². The number of fused-ring (bicyclic) bond motifs is 2. The lowest BCUT2D eigenvalue weighted by Crippen LogP contribution is -2.52. The second-order valence-electron chi connectivity index (χ2n) is 14.6. The highest BCUT2D eigenvalue weighted by Gasteiger charge is 2.49. The second-order valence-corrected chi connectivity index (χ2v) is 14.6. The Morgan fingerprint density at radius 2 is 1.26 bits per heavy atom. The quantitative estimate of drug-likeness (QED) is 0.0953. The molecule has 0 amide bonds. The number of likely N-dealkylation sites (N-methyl/N-ethyl adjacent to an activating group) is 1. The predicted molar refractivity (Wildman–Crippen MR) is 205 cm³/mol. The van der Waals surface area contributed by atoms with E-state index in [0.717, 1.165) is 58.2 Å². The molecule has 4 aromatic rings. The minimum Gasteiger partial charge on any atom is -0.507 e. The summed E-state index contributed by atoms with van der Waals surface area (Å²) in [7, 11) is 0. The molecule has 6 rings (SSSR count). The fraction of sp³-hybridized carbons (Fsp3) is 0.465. The average molecular weight is 728 g/mol. The zero-order chi connectivity index (χ0) is 38.3. The maximum absolute atomic E-state index is 12.8. The van der Waals surface area contributed by atoms with E-state index in [0.29, 0.717) is 32.7 Å². The Balaban J connectivity index is 0.000000209. The van der Waals surface area contributed by atoms with Gasteiger partial charge in [0, 0.05) is 24.1 Å². The molecule has 0 saturated heterocycles. The molecule has 0 bridgehead atoms. The van der Waals surface area contributed by atoms with E-state index in [4.69, 9.17) is 4.74 Å². The standard InChI is InChI=1S/C23H16O6.C20H37NO3/c24-20-16(14-7-3-1-5-12(14)9-18(20)22(26)27)11-17-15-8-4-2-6-13(15)10-19(21(17)25)23(28)29;1-4-21(5-2)15-16(3)24-19(22)18-13-9-10-14-20(18,23)17-11-7-6-8-12-17/h1-10,24-25H,11H2,(H,26,27)(H,28,29);16-18,23H,4-15H2,1-3H3/t;16?,18-,20+/m.0/s1. The number of carboxylic acid groups (broad SMARTS) is 2. The van der Waals surface area contributed by atoms with Gasteiger partial charge in [-0.05, 0) is 85.3 Å². The molecule has 2 saturated carbocycles. The number of aromatic carboxylic acids is 2. The summed E-state index contributed by atoms with van der Waals surface area (Å²) < 4.78 is 5.77. The van der Waals surface area contributed by atoms with Crippen LogP contribution in [0, 0.1) is 11.8 Å². The Morgan fingerprint density at radius 3 is 1.75 bits per heavy atom. The summed E-state index contributed by atoms with van der Waals surface area (Å²) in [6.07, 6.45) is 9.22. The van der Waals surface area contributed by atoms with Crippen LogP contribution in [0.25, 0.3) is 21.5 Å². The van der Waals surface area contributed by atoms with Gasteiger partial charge in [-0.25, -0.2) is 9.59 Å². The van der Waals surface area contributed by atoms with Crippen molar-refractivity contribution in [3.63, 3.8) is 0 Å². The third-order valence-corrected chi connectivity index (χ3v) is 11.3. The maximum atomic E-state index is 12.8. The van der Waals surface area contributed by atoms with Crippen LogP contribution >= 0.6 is 0 Å². The molecule has 284 valence electrons. The second kappa shape index (κ2) is 17.4. The van der Waals surface area contributed by atoms with Crippen LogP contribution in [0.5, 0.6) is 11.5 Å². The third kappa shape index (κ3) is 8.77. The molecule has 10 nitrogen and oxygen atoms in total. The molecule has 2 aliphatic carbocycles. The van der Waals surface area contributed by atoms with Crippen molar-refractivity contribution < 1.29 is 44.7 Å². The van der Waals surface area contributed by atoms with E-state index in [2.05, 4.69) is 18.7 Å². The van der Waals surface area contributed by atoms with Crippen LogP contribution in [-0.2, 0) is 16.0 Å². The summed E-state index contributed by atoms with van der Waals surface area (Å²) in [5.41, 5.74) is -0.717. The summed E-state index contributed by atoms with van der Waals surface area (Å²) in [5.74, 6) is -3.57. The number of aliphatic hydroxyl groups is 1. The Kier molecular flexibility index (Phi) is 13.0. The van der Waals surface area contributed by atoms with Crippen LogP contribution in [0.3, 0.4) is 0 Å². The highest BCUT2D eigenvalue weighted by atomic mass is 16.5. The molecular weight excluding hydrogens is 674 g/mol. The fourth-order valence-corrected chi connectivity index (χ4v) is 8.44. The first-order valence-electron chi connectivity index (χ1n) is 19.0. The molecule has 0 radical (unpaired) electrons. The number of esters is 1. The summed E-state index contributed by atoms with van der Waals surface area (Å²) >= 11 is 0. The fourth-order valence-electron chi connectivity index (χ4n) is 8.44. The number of nitrogens with zero attached hydrogens (tertiary/aromatic N) is 1. The smallest absolute Gasteiger partial charge is 0.339 e. The van der Waals surface area contributed by atoms with E-state index in [1.807, 2.05) is 6.92 Å². The van der Waals surface area contributed by atoms with Crippen LogP contribution in [0.2, 0.25) is 0 Å². The summed E-state index contributed by atoms with van der Waals surface area (Å²) in [4.78, 5) is 38.3. The Morgan fingerprint density at radius 1 is 0.774 bits per heavy atom. The zero-order valence-electron chi connectivity index (χ0n) is 31.0. The number of carboxylic acids is 2. The van der Waals surface area contributed by atoms with Crippen LogP contribution in [0.15, 0.2) is 60.7 Å². The molecular formula is C43H53NO9. The van der Waals surface area contributed by atoms with E-state index in [9.17, 15) is 39.9 Å². The van der Waals surface area contributed by atoms with Gasteiger partial charge in [0.1, 0.15) is 28.7 Å². The number of hydrogen-bond acceptors (Lipinski definition) is 8. The Hall–Kier alpha value is -4.67. The Bertz CT molecular complexity index is 1830. The number of carbonyl (C=O) groups is 3. The van der Waals surface area contributed by atoms with Gasteiger partial charge in [0.25, 0.3) is 0 Å². The van der Waals surface area contributed by atoms with Gasteiger partial charge >= 0.3 is 17.9 Å². The summed E-state index contributed by atoms with van der Waals surface area (Å²) in [6, 6.07) is 16.8. The molecule has 5 N–H and O–H groups in total. The lowest BCUT2D eigenvalue weighted by molar-refractivity contribution is -0.176. The Labute approximate surface area is 311 Å². The monoisotopic (exact) mass is 727 g/mol. The number of carbonyl (C=O) groups excluding carboxylic acids is 1. The van der Waals surface area contributed by atoms with Gasteiger partial charge < -0.3 is 35.2 Å². The van der Waals surface area contributed by atoms with Crippen molar-refractivity contribution in [2.24, 2.45) is 11.8 Å². The van der Waals surface area contributed by atoms with Gasteiger partial charge in [-0.15, -0.1) is 0 Å². The number of aromatic hydroxyl groups is 2. The van der Waals surface area contributed by atoms with Crippen LogP contribution in [0.4, 0.5) is 0 Å². The predicted octanol–water partition coefficient (Wildman–Crippen LogP) is 8.15. The van der Waals surface area contributed by atoms with Crippen molar-refractivity contribution in [1.29, 1.82) is 0 Å². The van der Waals surface area contributed by atoms with Gasteiger partial charge in [0.2, 0.25) is 0 Å². The van der Waals surface area contributed by atoms with E-state index in [1.54, 1.807) is 48.5 Å². The molecule has 0 aromatic heterocycles. The normalized spacial score (nSPS) is 19.8. The van der Waals surface area contributed by atoms with Crippen molar-refractivity contribution in [3.8, 4) is 11.5 Å². The van der Waals surface area contributed by atoms with Gasteiger partial charge in [0.05, 0.1) is 11.5 Å². The summed E-state index contributed by atoms with van der Waals surface area (Å²) in [6.45, 7) is 8.93. The number of phenols is 2. The average Bonchev–Trinajstić information content (AvgIpc) is 3.16. The van der Waals surface area contributed by atoms with Gasteiger partial charge in [-0.3, -0.25) is 4.79 Å². The lowest BCUT2D eigenvalue weighted by Gasteiger charge is -2.45. The number of benzene rings is 4. The van der Waals surface area contributed by atoms with Crippen molar-refractivity contribution >= 4 is 39.5 Å². The molecule has 2 fully saturated rings. The molecule has 0 spiro atoms. The third-order valence-electron chi connectivity index (χ3n) is 11.3. The number of hydrogen-bond donors (Lipinski definition) is 5. The minimum atomic E-state index is -1.28. The molecule has 53 heavy (non-hydrogen) atoms. The van der Waals surface area contributed by atoms with Crippen LogP contribution < -0.4 is 0 Å². The van der Waals surface area contributed by atoms with Crippen molar-refractivity contribution in [1.82, 2.24) is 4.90 Å². The van der Waals surface area contributed by atoms with Gasteiger partial charge in [-0.2, -0.15) is 0 Å². The molecule has 0 aliphatic heterocycles. The molecule has 3 atom stereocenters. The number of rotatable bonds is 11. The van der Waals surface area contributed by atoms with Gasteiger partial charge in [-0.1, -0.05) is 94.5 Å². The van der Waals surface area contributed by atoms with Crippen LogP contribution in [-0.4, -0.2) is 79.7 Å². The van der Waals surface area contributed by atoms with Crippen molar-refractivity contribution in [2.45, 2.75) is 96.7 Å². The minimum absolute atomic E-state index is 0.0407. The summed E-state index contributed by atoms with van der Waals surface area (Å²) in [5, 5.41) is 54.2. The SMILES string of the molecule is CCN(CC)CC(C)OC(=O)[C@@H]1CCCC[C@@]1(O)C1CCCCC1.O=C(O)c1cc2ccccc2c(Cc2c(O)c(C(=O)O)cc3ccccc23)c1O. The zero-order valence-corrected chi connectivity index (χ0v) is 31.0. The van der Waals surface area contributed by atoms with Gasteiger partial charge in [0.15, 0.2) is 0 Å². The highest BCUT2D eigenvalue weighted by molar-refractivity contribution is 6.02. The van der Waals surface area contributed by atoms with E-state index in [-0.39, 0.29) is 41.5 Å². The van der Waals surface area contributed by atoms with E-state index >= 15 is 0 Å². The molecule has 4 aromatic carbocycles. The first kappa shape index (κ1) is 39.5. The number of ether oxygens (including phenoxy) is 1. The molecule has 1 unspecified atom stereocenters. The maximum Gasteiger partial charge on any atom is 0.339 e. The van der Waals surface area contributed by atoms with Crippen molar-refractivity contribution in [3.05, 3.63) is 82.9 Å². The largest absolute Gasteiger partial charge is 0.507 e. The first-order valence-corrected chi connectivity index (χ1v) is 19.0. The first-order chi connectivity index (χ1) is 25.4. The molecule has 10 heteroatoms. The lowest BCUT2D eigenvalue weighted by atomic mass is 9.64. The molecule has 2 aliphatic rings. The van der Waals surface area contributed by atoms with Crippen LogP contribution in [0.1, 0.15) is 110 Å². The molecule has 0 heterocycles.